The first-order valence-corrected chi connectivity index (χ1v) is 8.82. The zero-order chi connectivity index (χ0) is 19.1. The molecule has 1 saturated heterocycles. The molecule has 0 bridgehead atoms. The van der Waals surface area contributed by atoms with Gasteiger partial charge >= 0.3 is 6.18 Å². The summed E-state index contributed by atoms with van der Waals surface area (Å²) in [5.41, 5.74) is 2.36. The number of nitrogens with zero attached hydrogens (tertiary/aromatic N) is 3. The number of aromatic nitrogens is 2. The quantitative estimate of drug-likeness (QED) is 0.743. The van der Waals surface area contributed by atoms with Crippen molar-refractivity contribution in [1.82, 2.24) is 9.97 Å². The molecule has 2 aliphatic rings. The number of alkyl halides is 3. The molecule has 2 aromatic heterocycles. The molecule has 1 saturated carbocycles. The first-order valence-electron chi connectivity index (χ1n) is 8.82. The molecule has 1 aliphatic carbocycles. The molecule has 2 fully saturated rings. The van der Waals surface area contributed by atoms with Crippen LogP contribution in [-0.2, 0) is 10.9 Å². The zero-order valence-electron chi connectivity index (χ0n) is 14.9. The first kappa shape index (κ1) is 17.8. The van der Waals surface area contributed by atoms with Crippen molar-refractivity contribution in [2.45, 2.75) is 19.0 Å². The van der Waals surface area contributed by atoms with E-state index < -0.39 is 11.9 Å². The Kier molecular flexibility index (Phi) is 4.32. The third-order valence-electron chi connectivity index (χ3n) is 5.49. The lowest BCUT2D eigenvalue weighted by atomic mass is 9.55. The fourth-order valence-electron chi connectivity index (χ4n) is 4.21. The highest BCUT2D eigenvalue weighted by Crippen LogP contribution is 2.56. The summed E-state index contributed by atoms with van der Waals surface area (Å²) in [5.74, 6) is 0.419. The van der Waals surface area contributed by atoms with Crippen LogP contribution in [0.1, 0.15) is 24.1 Å². The highest BCUT2D eigenvalue weighted by molar-refractivity contribution is 5.67. The number of hydrogen-bond donors (Lipinski definition) is 0. The van der Waals surface area contributed by atoms with E-state index >= 15 is 0 Å². The topological polar surface area (TPSA) is 38.2 Å². The summed E-state index contributed by atoms with van der Waals surface area (Å²) in [7, 11) is 1.65. The van der Waals surface area contributed by atoms with Gasteiger partial charge in [0.25, 0.3) is 0 Å². The van der Waals surface area contributed by atoms with Gasteiger partial charge in [0, 0.05) is 30.9 Å². The minimum absolute atomic E-state index is 0.238. The second-order valence-electron chi connectivity index (χ2n) is 7.41. The number of anilines is 1. The van der Waals surface area contributed by atoms with Gasteiger partial charge in [0.2, 0.25) is 0 Å². The van der Waals surface area contributed by atoms with Crippen LogP contribution in [0.4, 0.5) is 18.9 Å². The molecule has 7 heteroatoms. The predicted octanol–water partition coefficient (Wildman–Crippen LogP) is 4.40. The van der Waals surface area contributed by atoms with Crippen LogP contribution in [-0.4, -0.2) is 30.2 Å². The van der Waals surface area contributed by atoms with Gasteiger partial charge in [0.05, 0.1) is 25.3 Å². The summed E-state index contributed by atoms with van der Waals surface area (Å²) in [6.45, 7) is 1.70. The van der Waals surface area contributed by atoms with E-state index in [0.717, 1.165) is 48.8 Å². The SMILES string of the molecule is CO/C=C(\c1cccnc1)C1CC2(C1)CN(c1ccc(C(F)(F)F)nc1)C2. The second-order valence-corrected chi connectivity index (χ2v) is 7.41. The van der Waals surface area contributed by atoms with Crippen LogP contribution in [0.15, 0.2) is 49.1 Å². The van der Waals surface area contributed by atoms with Crippen molar-refractivity contribution in [3.63, 3.8) is 0 Å². The van der Waals surface area contributed by atoms with Crippen molar-refractivity contribution in [3.8, 4) is 0 Å². The van der Waals surface area contributed by atoms with Gasteiger partial charge < -0.3 is 9.64 Å². The minimum atomic E-state index is -4.40. The Balaban J connectivity index is 1.37. The van der Waals surface area contributed by atoms with E-state index in [2.05, 4.69) is 14.9 Å². The molecule has 0 aromatic carbocycles. The molecule has 0 radical (unpaired) electrons. The predicted molar refractivity (Wildman–Crippen MR) is 95.8 cm³/mol. The molecule has 1 spiro atoms. The van der Waals surface area contributed by atoms with Crippen molar-refractivity contribution in [3.05, 3.63) is 60.4 Å². The molecule has 142 valence electrons. The molecule has 4 rings (SSSR count). The fraction of sp³-hybridized carbons (Fsp3) is 0.400. The minimum Gasteiger partial charge on any atom is -0.504 e. The molecule has 4 nitrogen and oxygen atoms in total. The Morgan fingerprint density at radius 2 is 2.00 bits per heavy atom. The third-order valence-corrected chi connectivity index (χ3v) is 5.49. The van der Waals surface area contributed by atoms with E-state index in [1.54, 1.807) is 19.6 Å². The summed E-state index contributed by atoms with van der Waals surface area (Å²) < 4.78 is 43.2. The Morgan fingerprint density at radius 3 is 2.56 bits per heavy atom. The van der Waals surface area contributed by atoms with Crippen molar-refractivity contribution < 1.29 is 17.9 Å². The maximum atomic E-state index is 12.6. The number of allylic oxidation sites excluding steroid dienone is 1. The summed E-state index contributed by atoms with van der Waals surface area (Å²) in [5, 5.41) is 0. The van der Waals surface area contributed by atoms with Gasteiger partial charge in [-0.2, -0.15) is 13.2 Å². The lowest BCUT2D eigenvalue weighted by Crippen LogP contribution is -2.62. The average Bonchev–Trinajstić information content (AvgIpc) is 2.59. The number of rotatable bonds is 4. The van der Waals surface area contributed by atoms with E-state index in [9.17, 15) is 13.2 Å². The highest BCUT2D eigenvalue weighted by atomic mass is 19.4. The van der Waals surface area contributed by atoms with Gasteiger partial charge in [-0.25, -0.2) is 4.98 Å². The highest BCUT2D eigenvalue weighted by Gasteiger charge is 2.53. The zero-order valence-corrected chi connectivity index (χ0v) is 14.9. The lowest BCUT2D eigenvalue weighted by Gasteiger charge is -2.60. The van der Waals surface area contributed by atoms with E-state index in [1.165, 1.54) is 12.3 Å². The first-order chi connectivity index (χ1) is 12.9. The van der Waals surface area contributed by atoms with Gasteiger partial charge in [0.1, 0.15) is 5.69 Å². The maximum Gasteiger partial charge on any atom is 0.433 e. The van der Waals surface area contributed by atoms with Crippen molar-refractivity contribution in [2.75, 3.05) is 25.1 Å². The molecule has 0 unspecified atom stereocenters. The van der Waals surface area contributed by atoms with E-state index in [4.69, 9.17) is 4.74 Å². The molecular weight excluding hydrogens is 355 g/mol. The number of ether oxygens (including phenoxy) is 1. The molecule has 0 atom stereocenters. The van der Waals surface area contributed by atoms with Crippen LogP contribution in [0.2, 0.25) is 0 Å². The number of pyridine rings is 2. The van der Waals surface area contributed by atoms with E-state index in [0.29, 0.717) is 5.92 Å². The standard InChI is InChI=1S/C20H20F3N3O/c1-27-11-17(14-3-2-6-24-9-14)15-7-19(8-15)12-26(13-19)16-4-5-18(25-10-16)20(21,22)23/h2-6,9-11,15H,7-8,12-13H2,1H3/b17-11+. The smallest absolute Gasteiger partial charge is 0.433 e. The normalized spacial score (nSPS) is 19.6. The van der Waals surface area contributed by atoms with E-state index in [1.807, 2.05) is 18.3 Å². The number of halogens is 3. The molecule has 27 heavy (non-hydrogen) atoms. The summed E-state index contributed by atoms with van der Waals surface area (Å²) in [6.07, 6.45) is 4.40. The molecule has 0 amide bonds. The fourth-order valence-corrected chi connectivity index (χ4v) is 4.21. The van der Waals surface area contributed by atoms with Gasteiger partial charge in [-0.3, -0.25) is 4.98 Å². The molecule has 3 heterocycles. The Hall–Kier alpha value is -2.57. The third kappa shape index (κ3) is 3.38. The second kappa shape index (κ2) is 6.55. The van der Waals surface area contributed by atoms with Crippen LogP contribution < -0.4 is 4.90 Å². The van der Waals surface area contributed by atoms with Gasteiger partial charge in [-0.1, -0.05) is 6.07 Å². The lowest BCUT2D eigenvalue weighted by molar-refractivity contribution is -0.141. The Bertz CT molecular complexity index is 820. The van der Waals surface area contributed by atoms with E-state index in [-0.39, 0.29) is 5.41 Å². The summed E-state index contributed by atoms with van der Waals surface area (Å²) >= 11 is 0. The van der Waals surface area contributed by atoms with Crippen LogP contribution in [0.5, 0.6) is 0 Å². The van der Waals surface area contributed by atoms with Crippen molar-refractivity contribution >= 4 is 11.3 Å². The van der Waals surface area contributed by atoms with Gasteiger partial charge in [0.15, 0.2) is 0 Å². The van der Waals surface area contributed by atoms with Gasteiger partial charge in [-0.15, -0.1) is 0 Å². The van der Waals surface area contributed by atoms with Crippen molar-refractivity contribution in [2.24, 2.45) is 11.3 Å². The van der Waals surface area contributed by atoms with Crippen LogP contribution in [0, 0.1) is 11.3 Å². The molecule has 1 aliphatic heterocycles. The maximum absolute atomic E-state index is 12.6. The van der Waals surface area contributed by atoms with Crippen molar-refractivity contribution in [1.29, 1.82) is 0 Å². The summed E-state index contributed by atoms with van der Waals surface area (Å²) in [4.78, 5) is 9.83. The monoisotopic (exact) mass is 375 g/mol. The largest absolute Gasteiger partial charge is 0.504 e. The molecule has 0 N–H and O–H groups in total. The molecule has 2 aromatic rings. The average molecular weight is 375 g/mol. The van der Waals surface area contributed by atoms with Crippen LogP contribution >= 0.6 is 0 Å². The molecular formula is C20H20F3N3O. The number of methoxy groups -OCH3 is 1. The Morgan fingerprint density at radius 1 is 1.22 bits per heavy atom. The van der Waals surface area contributed by atoms with Gasteiger partial charge in [-0.05, 0) is 48.1 Å². The summed E-state index contributed by atoms with van der Waals surface area (Å²) in [6, 6.07) is 6.50. The van der Waals surface area contributed by atoms with Crippen LogP contribution in [0.3, 0.4) is 0 Å². The van der Waals surface area contributed by atoms with Crippen LogP contribution in [0.25, 0.3) is 5.57 Å². The number of hydrogen-bond acceptors (Lipinski definition) is 4. The Labute approximate surface area is 155 Å².